The fourth-order valence-electron chi connectivity index (χ4n) is 11.7. The third-order valence-corrected chi connectivity index (χ3v) is 14.9. The van der Waals surface area contributed by atoms with Gasteiger partial charge in [0.1, 0.15) is 11.4 Å². The number of likely N-dealkylation sites (tertiary alicyclic amines) is 1. The molecule has 5 aliphatic rings. The molecule has 0 aromatic heterocycles. The largest absolute Gasteiger partial charge is 0.497 e. The molecule has 286 valence electrons. The van der Waals surface area contributed by atoms with Crippen molar-refractivity contribution in [2.24, 2.45) is 34.5 Å². The van der Waals surface area contributed by atoms with Crippen LogP contribution in [0.15, 0.2) is 35.9 Å². The normalized spacial score (nSPS) is 38.7. The van der Waals surface area contributed by atoms with Crippen LogP contribution in [0.4, 0.5) is 0 Å². The molecule has 4 aliphatic carbocycles. The van der Waals surface area contributed by atoms with Gasteiger partial charge >= 0.3 is 5.97 Å². The highest BCUT2D eigenvalue weighted by atomic mass is 16.5. The molecule has 10 atom stereocenters. The highest BCUT2D eigenvalue weighted by molar-refractivity contribution is 5.92. The van der Waals surface area contributed by atoms with Crippen molar-refractivity contribution in [3.63, 3.8) is 0 Å². The summed E-state index contributed by atoms with van der Waals surface area (Å²) in [6.45, 7) is 9.45. The minimum absolute atomic E-state index is 0.0237. The molecule has 4 fully saturated rings. The number of aliphatic hydroxyl groups is 2. The monoisotopic (exact) mass is 720 g/mol. The Kier molecular flexibility index (Phi) is 10.9. The van der Waals surface area contributed by atoms with Crippen LogP contribution in [-0.2, 0) is 29.3 Å². The lowest BCUT2D eigenvalue weighted by atomic mass is 9.45. The van der Waals surface area contributed by atoms with Gasteiger partial charge in [0.2, 0.25) is 11.7 Å². The number of fused-ring (bicyclic) bond motifs is 5. The zero-order chi connectivity index (χ0) is 37.6. The molecule has 0 radical (unpaired) electrons. The van der Waals surface area contributed by atoms with E-state index in [9.17, 15) is 29.4 Å². The third-order valence-electron chi connectivity index (χ3n) is 14.9. The van der Waals surface area contributed by atoms with Gasteiger partial charge in [-0.2, -0.15) is 0 Å². The number of rotatable bonds is 11. The van der Waals surface area contributed by atoms with Crippen LogP contribution in [0.1, 0.15) is 104 Å². The maximum absolute atomic E-state index is 13.7. The predicted octanol–water partition coefficient (Wildman–Crippen LogP) is 4.93. The van der Waals surface area contributed by atoms with Crippen molar-refractivity contribution in [3.05, 3.63) is 41.5 Å². The second kappa shape index (κ2) is 14.6. The van der Waals surface area contributed by atoms with Crippen molar-refractivity contribution in [1.82, 2.24) is 10.2 Å². The van der Waals surface area contributed by atoms with E-state index in [0.29, 0.717) is 31.3 Å². The van der Waals surface area contributed by atoms with Crippen molar-refractivity contribution in [3.8, 4) is 5.75 Å². The van der Waals surface area contributed by atoms with E-state index >= 15 is 0 Å². The Morgan fingerprint density at radius 2 is 1.75 bits per heavy atom. The predicted molar refractivity (Wildman–Crippen MR) is 196 cm³/mol. The second-order valence-electron chi connectivity index (χ2n) is 17.4. The summed E-state index contributed by atoms with van der Waals surface area (Å²) in [5.41, 5.74) is -0.588. The van der Waals surface area contributed by atoms with Gasteiger partial charge in [-0.3, -0.25) is 19.2 Å². The number of carbonyl (C=O) groups excluding carboxylic acids is 4. The number of ketones is 2. The quantitative estimate of drug-likeness (QED) is 0.272. The standard InChI is InChI=1S/C42H60N2O8/c1-26-24-44(5)27(2)22-41(26,28-7-10-31(51-6)11-8-28)19-20-43-36(48)13-14-37(49)52-25-35(47)42(50)18-16-33-32-12-9-29-21-30(45)15-17-39(29,3)38(32)34(46)23-40(33,42)4/h7-8,10-11,21,26-27,32-34,38,46,50H,9,12-20,22-25H2,1-6H3,(H,43,48)/t26-,27-,32-,33+,34-,38-,39-,40-,41+,42-/m0/s1. The topological polar surface area (TPSA) is 142 Å². The Hall–Kier alpha value is -3.08. The summed E-state index contributed by atoms with van der Waals surface area (Å²) in [7, 11) is 3.81. The van der Waals surface area contributed by atoms with E-state index in [1.165, 1.54) is 5.56 Å². The van der Waals surface area contributed by atoms with Crippen LogP contribution in [0.5, 0.6) is 5.75 Å². The molecule has 3 N–H and O–H groups in total. The molecule has 0 spiro atoms. The fourth-order valence-corrected chi connectivity index (χ4v) is 11.7. The summed E-state index contributed by atoms with van der Waals surface area (Å²) in [4.78, 5) is 53.9. The average molecular weight is 721 g/mol. The SMILES string of the molecule is COc1ccc([C@]2(CCNC(=O)CCC(=O)OCC(=O)[C@@]3(O)CC[C@@H]4[C@@H]5CCC6=CC(=O)CC[C@]6(C)[C@@H]5[C@@H](O)C[C@@]43C)C[C@H](C)N(C)C[C@@H]2C)cc1. The Bertz CT molecular complexity index is 1580. The van der Waals surface area contributed by atoms with Crippen LogP contribution >= 0.6 is 0 Å². The molecule has 1 aromatic carbocycles. The van der Waals surface area contributed by atoms with E-state index in [-0.39, 0.29) is 66.0 Å². The average Bonchev–Trinajstić information content (AvgIpc) is 3.38. The molecule has 1 aliphatic heterocycles. The van der Waals surface area contributed by atoms with Gasteiger partial charge in [-0.15, -0.1) is 0 Å². The lowest BCUT2D eigenvalue weighted by molar-refractivity contribution is -0.184. The van der Waals surface area contributed by atoms with Crippen LogP contribution in [0.3, 0.4) is 0 Å². The summed E-state index contributed by atoms with van der Waals surface area (Å²) in [6, 6.07) is 8.63. The van der Waals surface area contributed by atoms with Crippen LogP contribution < -0.4 is 10.1 Å². The molecular formula is C42H60N2O8. The first-order chi connectivity index (χ1) is 24.6. The molecular weight excluding hydrogens is 660 g/mol. The smallest absolute Gasteiger partial charge is 0.306 e. The van der Waals surface area contributed by atoms with E-state index in [0.717, 1.165) is 50.0 Å². The molecule has 10 nitrogen and oxygen atoms in total. The van der Waals surface area contributed by atoms with Gasteiger partial charge in [-0.1, -0.05) is 38.5 Å². The van der Waals surface area contributed by atoms with Crippen LogP contribution in [0, 0.1) is 34.5 Å². The van der Waals surface area contributed by atoms with Crippen LogP contribution in [0.2, 0.25) is 0 Å². The summed E-state index contributed by atoms with van der Waals surface area (Å²) in [6.07, 6.45) is 6.56. The van der Waals surface area contributed by atoms with Gasteiger partial charge in [0.25, 0.3) is 0 Å². The Balaban J connectivity index is 1.01. The first-order valence-corrected chi connectivity index (χ1v) is 19.5. The molecule has 3 saturated carbocycles. The van der Waals surface area contributed by atoms with E-state index in [4.69, 9.17) is 9.47 Å². The maximum atomic E-state index is 13.7. The fraction of sp³-hybridized carbons (Fsp3) is 0.714. The number of Topliss-reactive ketones (excluding diaryl/α,β-unsaturated/α-hetero) is 1. The molecule has 1 amide bonds. The number of nitrogens with zero attached hydrogens (tertiary/aromatic N) is 1. The highest BCUT2D eigenvalue weighted by Crippen LogP contribution is 2.67. The molecule has 1 heterocycles. The lowest BCUT2D eigenvalue weighted by Gasteiger charge is -2.60. The number of benzene rings is 1. The summed E-state index contributed by atoms with van der Waals surface area (Å²) in [5.74, 6) is 0.00885. The van der Waals surface area contributed by atoms with Gasteiger partial charge in [0.05, 0.1) is 19.6 Å². The number of methoxy groups -OCH3 is 1. The number of ether oxygens (including phenoxy) is 2. The first-order valence-electron chi connectivity index (χ1n) is 19.5. The van der Waals surface area contributed by atoms with E-state index in [1.807, 2.05) is 19.1 Å². The third kappa shape index (κ3) is 6.66. The molecule has 1 aromatic rings. The van der Waals surface area contributed by atoms with Crippen molar-refractivity contribution < 1.29 is 38.9 Å². The summed E-state index contributed by atoms with van der Waals surface area (Å²) < 4.78 is 10.8. The van der Waals surface area contributed by atoms with Crippen LogP contribution in [-0.4, -0.2) is 90.2 Å². The number of nitrogens with one attached hydrogen (secondary N) is 1. The summed E-state index contributed by atoms with van der Waals surface area (Å²) in [5, 5.41) is 26.6. The highest BCUT2D eigenvalue weighted by Gasteiger charge is 2.68. The zero-order valence-corrected chi connectivity index (χ0v) is 32.0. The minimum Gasteiger partial charge on any atom is -0.497 e. The number of carbonyl (C=O) groups is 4. The van der Waals surface area contributed by atoms with E-state index in [2.05, 4.69) is 50.2 Å². The lowest BCUT2D eigenvalue weighted by Crippen LogP contribution is -2.62. The van der Waals surface area contributed by atoms with Gasteiger partial charge < -0.3 is 29.9 Å². The number of esters is 1. The zero-order valence-electron chi connectivity index (χ0n) is 32.0. The number of aliphatic hydroxyl groups excluding tert-OH is 1. The Morgan fingerprint density at radius 3 is 2.46 bits per heavy atom. The van der Waals surface area contributed by atoms with Crippen molar-refractivity contribution in [2.45, 2.75) is 121 Å². The molecule has 6 rings (SSSR count). The number of allylic oxidation sites excluding steroid dienone is 1. The Morgan fingerprint density at radius 1 is 1.02 bits per heavy atom. The second-order valence-corrected chi connectivity index (χ2v) is 17.4. The number of amides is 1. The molecule has 0 unspecified atom stereocenters. The van der Waals surface area contributed by atoms with E-state index in [1.54, 1.807) is 13.2 Å². The summed E-state index contributed by atoms with van der Waals surface area (Å²) >= 11 is 0. The molecule has 10 heteroatoms. The minimum atomic E-state index is -1.72. The maximum Gasteiger partial charge on any atom is 0.306 e. The number of hydrogen-bond donors (Lipinski definition) is 3. The van der Waals surface area contributed by atoms with Crippen molar-refractivity contribution >= 4 is 23.4 Å². The van der Waals surface area contributed by atoms with Crippen molar-refractivity contribution in [2.75, 3.05) is 33.9 Å². The van der Waals surface area contributed by atoms with Gasteiger partial charge in [0, 0.05) is 42.8 Å². The molecule has 1 saturated heterocycles. The molecule has 52 heavy (non-hydrogen) atoms. The van der Waals surface area contributed by atoms with Crippen molar-refractivity contribution in [1.29, 1.82) is 0 Å². The number of hydrogen-bond acceptors (Lipinski definition) is 9. The number of piperidine rings is 1. The van der Waals surface area contributed by atoms with E-state index < -0.39 is 35.5 Å². The Labute approximate surface area is 309 Å². The van der Waals surface area contributed by atoms with Gasteiger partial charge in [-0.05, 0) is 118 Å². The van der Waals surface area contributed by atoms with Gasteiger partial charge in [-0.25, -0.2) is 0 Å². The van der Waals surface area contributed by atoms with Crippen LogP contribution in [0.25, 0.3) is 0 Å². The first kappa shape index (κ1) is 38.6. The molecule has 0 bridgehead atoms. The van der Waals surface area contributed by atoms with Gasteiger partial charge in [0.15, 0.2) is 12.4 Å².